The molecule has 0 amide bonds. The van der Waals surface area contributed by atoms with Crippen LogP contribution in [0.4, 0.5) is 5.69 Å². The summed E-state index contributed by atoms with van der Waals surface area (Å²) in [6.45, 7) is 6.77. The van der Waals surface area contributed by atoms with Crippen molar-refractivity contribution in [2.45, 2.75) is 77.7 Å². The van der Waals surface area contributed by atoms with E-state index in [1.807, 2.05) is 6.92 Å². The fourth-order valence-corrected chi connectivity index (χ4v) is 8.78. The van der Waals surface area contributed by atoms with Gasteiger partial charge in [0.25, 0.3) is 0 Å². The average Bonchev–Trinajstić information content (AvgIpc) is 3.07. The minimum Gasteiger partial charge on any atom is -0.393 e. The number of anilines is 1. The molecule has 4 aliphatic rings. The topological polar surface area (TPSA) is 40.5 Å². The van der Waals surface area contributed by atoms with Crippen molar-refractivity contribution in [1.82, 2.24) is 0 Å². The third-order valence-electron chi connectivity index (χ3n) is 10.4. The zero-order chi connectivity index (χ0) is 22.8. The monoisotopic (exact) mass is 435 g/mol. The Kier molecular flexibility index (Phi) is 5.36. The van der Waals surface area contributed by atoms with Gasteiger partial charge in [0.1, 0.15) is 5.78 Å². The molecule has 4 unspecified atom stereocenters. The third-order valence-corrected chi connectivity index (χ3v) is 10.4. The summed E-state index contributed by atoms with van der Waals surface area (Å²) in [4.78, 5) is 15.2. The molecule has 0 spiro atoms. The number of ketones is 1. The Morgan fingerprint density at radius 2 is 1.78 bits per heavy atom. The molecule has 0 radical (unpaired) electrons. The van der Waals surface area contributed by atoms with Crippen molar-refractivity contribution >= 4 is 11.5 Å². The molecule has 3 nitrogen and oxygen atoms in total. The second-order valence-corrected chi connectivity index (χ2v) is 12.1. The fraction of sp³-hybridized carbons (Fsp3) is 0.690. The molecule has 5 rings (SSSR count). The largest absolute Gasteiger partial charge is 0.393 e. The van der Waals surface area contributed by atoms with Crippen LogP contribution in [0.1, 0.15) is 77.2 Å². The number of hydrogen-bond donors (Lipinski definition) is 1. The molecule has 0 saturated heterocycles. The van der Waals surface area contributed by atoms with Gasteiger partial charge in [0.2, 0.25) is 0 Å². The summed E-state index contributed by atoms with van der Waals surface area (Å²) in [5, 5.41) is 10.3. The summed E-state index contributed by atoms with van der Waals surface area (Å²) in [6.07, 6.45) is 9.97. The first-order valence-electron chi connectivity index (χ1n) is 12.8. The van der Waals surface area contributed by atoms with Crippen molar-refractivity contribution in [3.8, 4) is 0 Å². The van der Waals surface area contributed by atoms with Gasteiger partial charge in [0.05, 0.1) is 6.10 Å². The van der Waals surface area contributed by atoms with Crippen molar-refractivity contribution in [2.24, 2.45) is 34.5 Å². The molecule has 3 fully saturated rings. The highest BCUT2D eigenvalue weighted by molar-refractivity contribution is 5.81. The molecular formula is C29H41NO2. The third kappa shape index (κ3) is 3.22. The number of carbonyl (C=O) groups excluding carboxylic acids is 1. The highest BCUT2D eigenvalue weighted by Gasteiger charge is 2.62. The summed E-state index contributed by atoms with van der Waals surface area (Å²) >= 11 is 0. The minimum atomic E-state index is -0.150. The van der Waals surface area contributed by atoms with Crippen molar-refractivity contribution in [3.63, 3.8) is 0 Å². The van der Waals surface area contributed by atoms with E-state index in [1.54, 1.807) is 0 Å². The lowest BCUT2D eigenvalue weighted by atomic mass is 9.47. The number of rotatable bonds is 3. The Hall–Kier alpha value is -1.61. The summed E-state index contributed by atoms with van der Waals surface area (Å²) in [5.41, 5.74) is 4.45. The smallest absolute Gasteiger partial charge is 0.134 e. The van der Waals surface area contributed by atoms with E-state index in [2.05, 4.69) is 63.2 Å². The van der Waals surface area contributed by atoms with E-state index in [1.165, 1.54) is 29.7 Å². The van der Waals surface area contributed by atoms with Crippen LogP contribution in [0.25, 0.3) is 0 Å². The second-order valence-electron chi connectivity index (χ2n) is 12.1. The molecule has 1 aromatic rings. The highest BCUT2D eigenvalue weighted by atomic mass is 16.3. The number of aliphatic hydroxyl groups is 1. The number of carbonyl (C=O) groups is 1. The first-order chi connectivity index (χ1) is 15.1. The Balaban J connectivity index is 1.49. The molecule has 1 N–H and O–H groups in total. The van der Waals surface area contributed by atoms with Crippen LogP contribution in [0, 0.1) is 34.5 Å². The minimum absolute atomic E-state index is 0.105. The molecule has 0 aromatic heterocycles. The zero-order valence-electron chi connectivity index (χ0n) is 20.6. The summed E-state index contributed by atoms with van der Waals surface area (Å²) in [6, 6.07) is 8.97. The van der Waals surface area contributed by atoms with Crippen molar-refractivity contribution in [1.29, 1.82) is 0 Å². The number of nitrogens with zero attached hydrogens (tertiary/aromatic N) is 1. The van der Waals surface area contributed by atoms with Gasteiger partial charge in [-0.25, -0.2) is 0 Å². The van der Waals surface area contributed by atoms with Crippen molar-refractivity contribution in [2.75, 3.05) is 19.0 Å². The lowest BCUT2D eigenvalue weighted by Gasteiger charge is -2.57. The van der Waals surface area contributed by atoms with Gasteiger partial charge in [0, 0.05) is 25.7 Å². The van der Waals surface area contributed by atoms with E-state index in [-0.39, 0.29) is 22.9 Å². The molecule has 1 aromatic carbocycles. The number of benzene rings is 1. The van der Waals surface area contributed by atoms with Crippen LogP contribution in [-0.4, -0.2) is 31.1 Å². The molecule has 0 bridgehead atoms. The predicted octanol–water partition coefficient (Wildman–Crippen LogP) is 5.98. The second kappa shape index (κ2) is 7.72. The summed E-state index contributed by atoms with van der Waals surface area (Å²) in [5.74, 6) is 2.83. The number of Topliss-reactive ketones (excluding diaryl/α,β-unsaturated/α-hetero) is 1. The van der Waals surface area contributed by atoms with Gasteiger partial charge < -0.3 is 10.0 Å². The van der Waals surface area contributed by atoms with Gasteiger partial charge in [-0.2, -0.15) is 0 Å². The lowest BCUT2D eigenvalue weighted by molar-refractivity contribution is -0.128. The maximum Gasteiger partial charge on any atom is 0.134 e. The number of hydrogen-bond acceptors (Lipinski definition) is 3. The van der Waals surface area contributed by atoms with Crippen LogP contribution in [0.5, 0.6) is 0 Å². The molecule has 3 heteroatoms. The summed E-state index contributed by atoms with van der Waals surface area (Å²) in [7, 11) is 4.16. The SMILES string of the molecule is CC(=O)C1[C@H](c2ccc(N(C)C)cc2)CC2C3CC=C4C[C@@H](O)CC[C@]4(C)C3CC[C@@]21C. The standard InChI is InChI=1S/C29H41NO2/c1-18(31)27-24(19-6-9-21(10-7-19)30(4)5)17-26-23-11-8-20-16-22(32)12-14-28(20,2)25(23)13-15-29(26,27)3/h6-10,22-27,32H,11-17H2,1-5H3/t22-,23?,24-,25?,26?,27?,28-,29-/m0/s1. The first-order valence-corrected chi connectivity index (χ1v) is 12.8. The van der Waals surface area contributed by atoms with Gasteiger partial charge in [-0.05, 0) is 104 Å². The van der Waals surface area contributed by atoms with E-state index >= 15 is 0 Å². The lowest BCUT2D eigenvalue weighted by Crippen LogP contribution is -2.51. The summed E-state index contributed by atoms with van der Waals surface area (Å²) < 4.78 is 0. The van der Waals surface area contributed by atoms with Gasteiger partial charge in [-0.1, -0.05) is 37.6 Å². The Morgan fingerprint density at radius 3 is 2.44 bits per heavy atom. The molecule has 32 heavy (non-hydrogen) atoms. The van der Waals surface area contributed by atoms with E-state index < -0.39 is 0 Å². The maximum atomic E-state index is 13.1. The van der Waals surface area contributed by atoms with E-state index in [9.17, 15) is 9.90 Å². The van der Waals surface area contributed by atoms with Gasteiger partial charge in [-0.3, -0.25) is 4.79 Å². The number of allylic oxidation sites excluding steroid dienone is 1. The van der Waals surface area contributed by atoms with Crippen LogP contribution in [0.2, 0.25) is 0 Å². The molecule has 4 aliphatic carbocycles. The molecule has 0 heterocycles. The van der Waals surface area contributed by atoms with E-state index in [0.29, 0.717) is 29.5 Å². The van der Waals surface area contributed by atoms with E-state index in [0.717, 1.165) is 32.1 Å². The maximum absolute atomic E-state index is 13.1. The average molecular weight is 436 g/mol. The van der Waals surface area contributed by atoms with Crippen molar-refractivity contribution in [3.05, 3.63) is 41.5 Å². The molecule has 0 aliphatic heterocycles. The van der Waals surface area contributed by atoms with Crippen molar-refractivity contribution < 1.29 is 9.90 Å². The van der Waals surface area contributed by atoms with E-state index in [4.69, 9.17) is 0 Å². The van der Waals surface area contributed by atoms with Crippen LogP contribution < -0.4 is 4.90 Å². The first kappa shape index (κ1) is 22.2. The number of fused-ring (bicyclic) bond motifs is 5. The Labute approximate surface area is 194 Å². The number of aliphatic hydroxyl groups excluding tert-OH is 1. The fourth-order valence-electron chi connectivity index (χ4n) is 8.78. The van der Waals surface area contributed by atoms with Gasteiger partial charge >= 0.3 is 0 Å². The quantitative estimate of drug-likeness (QED) is 0.594. The van der Waals surface area contributed by atoms with Crippen LogP contribution >= 0.6 is 0 Å². The Morgan fingerprint density at radius 1 is 1.06 bits per heavy atom. The molecule has 8 atom stereocenters. The van der Waals surface area contributed by atoms with Gasteiger partial charge in [0.15, 0.2) is 0 Å². The van der Waals surface area contributed by atoms with Gasteiger partial charge in [-0.15, -0.1) is 0 Å². The van der Waals surface area contributed by atoms with Crippen LogP contribution in [0.3, 0.4) is 0 Å². The molecule has 174 valence electrons. The van der Waals surface area contributed by atoms with Crippen LogP contribution in [0.15, 0.2) is 35.9 Å². The Bertz CT molecular complexity index is 918. The van der Waals surface area contributed by atoms with Crippen LogP contribution in [-0.2, 0) is 4.79 Å². The zero-order valence-corrected chi connectivity index (χ0v) is 20.6. The highest BCUT2D eigenvalue weighted by Crippen LogP contribution is 2.68. The predicted molar refractivity (Wildman–Crippen MR) is 131 cm³/mol. The molecule has 3 saturated carbocycles. The molecular weight excluding hydrogens is 394 g/mol. The normalized spacial score (nSPS) is 43.0.